The quantitative estimate of drug-likeness (QED) is 0.688. The molecule has 0 aliphatic carbocycles. The average molecular weight is 383 g/mol. The van der Waals surface area contributed by atoms with E-state index >= 15 is 0 Å². The fraction of sp³-hybridized carbons (Fsp3) is 0.286. The fourth-order valence-corrected chi connectivity index (χ4v) is 5.47. The van der Waals surface area contributed by atoms with Crippen LogP contribution in [-0.2, 0) is 11.2 Å². The maximum atomic E-state index is 12.8. The number of benzene rings is 1. The van der Waals surface area contributed by atoms with Gasteiger partial charge in [0.15, 0.2) is 0 Å². The molecule has 0 saturated carbocycles. The molecule has 0 bridgehead atoms. The summed E-state index contributed by atoms with van der Waals surface area (Å²) < 4.78 is 0. The van der Waals surface area contributed by atoms with Crippen molar-refractivity contribution >= 4 is 34.3 Å². The van der Waals surface area contributed by atoms with E-state index in [1.165, 1.54) is 15.3 Å². The number of anilines is 1. The van der Waals surface area contributed by atoms with Crippen molar-refractivity contribution in [2.45, 2.75) is 26.3 Å². The number of nitrogens with one attached hydrogen (secondary N) is 1. The minimum absolute atomic E-state index is 0.0580. The van der Waals surface area contributed by atoms with Gasteiger partial charge in [-0.1, -0.05) is 24.3 Å². The molecule has 3 aromatic rings. The minimum Gasteiger partial charge on any atom is -0.324 e. The summed E-state index contributed by atoms with van der Waals surface area (Å²) >= 11 is 3.60. The van der Waals surface area contributed by atoms with Crippen LogP contribution in [0.1, 0.15) is 32.5 Å². The first-order valence-corrected chi connectivity index (χ1v) is 10.6. The summed E-state index contributed by atoms with van der Waals surface area (Å²) in [7, 11) is 0. The summed E-state index contributed by atoms with van der Waals surface area (Å²) in [5.74, 6) is 0.0580. The molecule has 134 valence electrons. The number of fused-ring (bicyclic) bond motifs is 1. The predicted octanol–water partition coefficient (Wildman–Crippen LogP) is 5.01. The molecule has 1 aliphatic rings. The first-order valence-electron chi connectivity index (χ1n) is 8.83. The highest BCUT2D eigenvalue weighted by molar-refractivity contribution is 7.10. The first-order chi connectivity index (χ1) is 12.6. The maximum absolute atomic E-state index is 12.8. The lowest BCUT2D eigenvalue weighted by atomic mass is 9.98. The fourth-order valence-electron chi connectivity index (χ4n) is 3.69. The topological polar surface area (TPSA) is 32.3 Å². The van der Waals surface area contributed by atoms with Crippen LogP contribution in [0.15, 0.2) is 47.2 Å². The number of amides is 1. The lowest BCUT2D eigenvalue weighted by Crippen LogP contribution is -2.40. The van der Waals surface area contributed by atoms with Crippen LogP contribution in [0.2, 0.25) is 0 Å². The van der Waals surface area contributed by atoms with Gasteiger partial charge < -0.3 is 5.32 Å². The van der Waals surface area contributed by atoms with Gasteiger partial charge in [-0.3, -0.25) is 9.69 Å². The van der Waals surface area contributed by atoms with Gasteiger partial charge in [0.2, 0.25) is 5.91 Å². The third-order valence-corrected chi connectivity index (χ3v) is 6.89. The monoisotopic (exact) mass is 382 g/mol. The Balaban J connectivity index is 1.56. The molecule has 1 N–H and O–H groups in total. The van der Waals surface area contributed by atoms with Crippen molar-refractivity contribution in [3.63, 3.8) is 0 Å². The van der Waals surface area contributed by atoms with Crippen LogP contribution in [0.3, 0.4) is 0 Å². The summed E-state index contributed by atoms with van der Waals surface area (Å²) in [6, 6.07) is 12.8. The van der Waals surface area contributed by atoms with Gasteiger partial charge in [-0.2, -0.15) is 0 Å². The molecule has 1 aromatic carbocycles. The molecule has 0 spiro atoms. The Bertz CT molecular complexity index is 894. The SMILES string of the molecule is Cc1cccc(C)c1NC(=O)CN1CCc2sccc2[C@H]1c1cccs1. The van der Waals surface area contributed by atoms with Crippen molar-refractivity contribution < 1.29 is 4.79 Å². The smallest absolute Gasteiger partial charge is 0.238 e. The van der Waals surface area contributed by atoms with Crippen molar-refractivity contribution in [3.8, 4) is 0 Å². The van der Waals surface area contributed by atoms with Crippen LogP contribution in [0.4, 0.5) is 5.69 Å². The molecule has 3 heterocycles. The van der Waals surface area contributed by atoms with Crippen LogP contribution in [0, 0.1) is 13.8 Å². The van der Waals surface area contributed by atoms with Crippen molar-refractivity contribution in [1.82, 2.24) is 4.90 Å². The molecule has 4 rings (SSSR count). The Kier molecular flexibility index (Phi) is 4.94. The van der Waals surface area contributed by atoms with E-state index in [-0.39, 0.29) is 11.9 Å². The Morgan fingerprint density at radius 3 is 2.65 bits per heavy atom. The minimum atomic E-state index is 0.0580. The van der Waals surface area contributed by atoms with Crippen LogP contribution in [0.25, 0.3) is 0 Å². The van der Waals surface area contributed by atoms with Crippen molar-refractivity contribution in [1.29, 1.82) is 0 Å². The summed E-state index contributed by atoms with van der Waals surface area (Å²) in [5.41, 5.74) is 4.51. The van der Waals surface area contributed by atoms with Gasteiger partial charge in [0.25, 0.3) is 0 Å². The highest BCUT2D eigenvalue weighted by Crippen LogP contribution is 2.39. The summed E-state index contributed by atoms with van der Waals surface area (Å²) in [5, 5.41) is 7.42. The molecular weight excluding hydrogens is 360 g/mol. The molecule has 0 unspecified atom stereocenters. The first kappa shape index (κ1) is 17.5. The van der Waals surface area contributed by atoms with Crippen LogP contribution >= 0.6 is 22.7 Å². The van der Waals surface area contributed by atoms with E-state index in [1.54, 1.807) is 11.3 Å². The third-order valence-electron chi connectivity index (χ3n) is 4.97. The zero-order chi connectivity index (χ0) is 18.1. The van der Waals surface area contributed by atoms with Gasteiger partial charge in [0.1, 0.15) is 0 Å². The van der Waals surface area contributed by atoms with E-state index in [2.05, 4.69) is 39.2 Å². The summed E-state index contributed by atoms with van der Waals surface area (Å²) in [6.07, 6.45) is 1.02. The number of hydrogen-bond donors (Lipinski definition) is 1. The van der Waals surface area contributed by atoms with Crippen LogP contribution in [-0.4, -0.2) is 23.9 Å². The van der Waals surface area contributed by atoms with Gasteiger partial charge in [-0.15, -0.1) is 22.7 Å². The second kappa shape index (κ2) is 7.35. The average Bonchev–Trinajstić information content (AvgIpc) is 3.29. The Morgan fingerprint density at radius 1 is 1.12 bits per heavy atom. The number of carbonyl (C=O) groups is 1. The number of aryl methyl sites for hydroxylation is 2. The molecular formula is C21H22N2OS2. The number of para-hydroxylation sites is 1. The Morgan fingerprint density at radius 2 is 1.92 bits per heavy atom. The van der Waals surface area contributed by atoms with Crippen molar-refractivity contribution in [2.24, 2.45) is 0 Å². The molecule has 1 amide bonds. The van der Waals surface area contributed by atoms with E-state index < -0.39 is 0 Å². The summed E-state index contributed by atoms with van der Waals surface area (Å²) in [4.78, 5) is 17.9. The van der Waals surface area contributed by atoms with Gasteiger partial charge in [-0.25, -0.2) is 0 Å². The molecule has 26 heavy (non-hydrogen) atoms. The molecule has 0 saturated heterocycles. The van der Waals surface area contributed by atoms with Gasteiger partial charge in [0, 0.05) is 22.0 Å². The second-order valence-corrected chi connectivity index (χ2v) is 8.73. The second-order valence-electron chi connectivity index (χ2n) is 6.75. The zero-order valence-corrected chi connectivity index (χ0v) is 16.6. The van der Waals surface area contributed by atoms with Crippen molar-refractivity contribution in [3.05, 3.63) is 73.6 Å². The molecule has 0 radical (unpaired) electrons. The molecule has 3 nitrogen and oxygen atoms in total. The molecule has 5 heteroatoms. The predicted molar refractivity (Wildman–Crippen MR) is 110 cm³/mol. The number of thiophene rings is 2. The van der Waals surface area contributed by atoms with Gasteiger partial charge in [0.05, 0.1) is 12.6 Å². The van der Waals surface area contributed by atoms with Crippen LogP contribution < -0.4 is 5.32 Å². The lowest BCUT2D eigenvalue weighted by Gasteiger charge is -2.35. The van der Waals surface area contributed by atoms with Crippen molar-refractivity contribution in [2.75, 3.05) is 18.4 Å². The number of rotatable bonds is 4. The van der Waals surface area contributed by atoms with E-state index in [1.807, 2.05) is 43.4 Å². The largest absolute Gasteiger partial charge is 0.324 e. The van der Waals surface area contributed by atoms with Gasteiger partial charge >= 0.3 is 0 Å². The molecule has 1 aliphatic heterocycles. The highest BCUT2D eigenvalue weighted by Gasteiger charge is 2.31. The lowest BCUT2D eigenvalue weighted by molar-refractivity contribution is -0.117. The van der Waals surface area contributed by atoms with E-state index in [0.717, 1.165) is 29.8 Å². The molecule has 2 aromatic heterocycles. The number of hydrogen-bond acceptors (Lipinski definition) is 4. The highest BCUT2D eigenvalue weighted by atomic mass is 32.1. The number of nitrogens with zero attached hydrogens (tertiary/aromatic N) is 1. The number of carbonyl (C=O) groups excluding carboxylic acids is 1. The summed E-state index contributed by atoms with van der Waals surface area (Å²) in [6.45, 7) is 5.40. The maximum Gasteiger partial charge on any atom is 0.238 e. The molecule has 1 atom stereocenters. The Hall–Kier alpha value is -1.95. The van der Waals surface area contributed by atoms with Crippen LogP contribution in [0.5, 0.6) is 0 Å². The Labute approximate surface area is 162 Å². The van der Waals surface area contributed by atoms with Gasteiger partial charge in [-0.05, 0) is 59.9 Å². The normalized spacial score (nSPS) is 17.1. The van der Waals surface area contributed by atoms with E-state index in [9.17, 15) is 4.79 Å². The third kappa shape index (κ3) is 3.34. The van der Waals surface area contributed by atoms with E-state index in [4.69, 9.17) is 0 Å². The standard InChI is InChI=1S/C21H22N2OS2/c1-14-5-3-6-15(2)20(14)22-19(24)13-23-10-8-17-16(9-12-26-17)21(23)18-7-4-11-25-18/h3-7,9,11-12,21H,8,10,13H2,1-2H3,(H,22,24)/t21-/m0/s1. The zero-order valence-electron chi connectivity index (χ0n) is 15.0. The van der Waals surface area contributed by atoms with E-state index in [0.29, 0.717) is 6.54 Å². The molecule has 0 fully saturated rings.